The van der Waals surface area contributed by atoms with Crippen LogP contribution < -0.4 is 0 Å². The second-order valence-corrected chi connectivity index (χ2v) is 10.1. The normalized spacial score (nSPS) is 12.4. The van der Waals surface area contributed by atoms with Crippen molar-refractivity contribution in [3.63, 3.8) is 0 Å². The lowest BCUT2D eigenvalue weighted by molar-refractivity contribution is 0.577. The molecule has 198 valence electrons. The highest BCUT2D eigenvalue weighted by molar-refractivity contribution is 4.92. The molecule has 0 aliphatic rings. The second kappa shape index (κ2) is 32.0. The summed E-state index contributed by atoms with van der Waals surface area (Å²) in [5, 5.41) is 0. The molecular weight excluding hydrogens is 408 g/mol. The fourth-order valence-electron chi connectivity index (χ4n) is 4.31. The largest absolute Gasteiger partial charge is 0.0885 e. The molecule has 0 bridgehead atoms. The van der Waals surface area contributed by atoms with Gasteiger partial charge in [0.2, 0.25) is 0 Å². The summed E-state index contributed by atoms with van der Waals surface area (Å²) in [6.07, 6.45) is 51.4. The summed E-state index contributed by atoms with van der Waals surface area (Å²) < 4.78 is 0. The molecule has 0 rings (SSSR count). The molecule has 0 heteroatoms. The lowest BCUT2D eigenvalue weighted by Crippen LogP contribution is -1.80. The second-order valence-electron chi connectivity index (χ2n) is 10.1. The Kier molecular flexibility index (Phi) is 31.0. The van der Waals surface area contributed by atoms with E-state index in [9.17, 15) is 0 Å². The predicted octanol–water partition coefficient (Wildman–Crippen LogP) is 12.6. The van der Waals surface area contributed by atoms with Crippen LogP contribution in [-0.4, -0.2) is 0 Å². The minimum Gasteiger partial charge on any atom is -0.0885 e. The molecule has 0 saturated heterocycles. The van der Waals surface area contributed by atoms with Crippen molar-refractivity contribution in [3.05, 3.63) is 48.6 Å². The van der Waals surface area contributed by atoms with Crippen LogP contribution in [0.2, 0.25) is 0 Å². The first kappa shape index (κ1) is 33.0. The van der Waals surface area contributed by atoms with E-state index in [1.165, 1.54) is 154 Å². The first-order valence-electron chi connectivity index (χ1n) is 15.5. The highest BCUT2D eigenvalue weighted by Gasteiger charge is 1.91. The fourth-order valence-corrected chi connectivity index (χ4v) is 4.31. The van der Waals surface area contributed by atoms with Gasteiger partial charge in [0.25, 0.3) is 0 Å². The van der Waals surface area contributed by atoms with Crippen molar-refractivity contribution in [2.45, 2.75) is 168 Å². The number of allylic oxidation sites excluding steroid dienone is 8. The molecule has 0 N–H and O–H groups in total. The van der Waals surface area contributed by atoms with E-state index in [1.54, 1.807) is 0 Å². The fraction of sp³-hybridized carbons (Fsp3) is 0.765. The molecule has 0 aromatic heterocycles. The lowest BCUT2D eigenvalue weighted by Gasteiger charge is -1.99. The van der Waals surface area contributed by atoms with Crippen molar-refractivity contribution >= 4 is 0 Å². The van der Waals surface area contributed by atoms with Gasteiger partial charge in [-0.05, 0) is 64.2 Å². The van der Waals surface area contributed by atoms with Gasteiger partial charge in [-0.25, -0.2) is 0 Å². The van der Waals surface area contributed by atoms with E-state index in [1.807, 2.05) is 0 Å². The molecule has 34 heavy (non-hydrogen) atoms. The van der Waals surface area contributed by atoms with Crippen LogP contribution in [0.3, 0.4) is 0 Å². The van der Waals surface area contributed by atoms with E-state index in [4.69, 9.17) is 0 Å². The van der Waals surface area contributed by atoms with E-state index < -0.39 is 0 Å². The Morgan fingerprint density at radius 1 is 0.235 bits per heavy atom. The maximum atomic E-state index is 2.40. The summed E-state index contributed by atoms with van der Waals surface area (Å²) >= 11 is 0. The van der Waals surface area contributed by atoms with Gasteiger partial charge in [0.1, 0.15) is 0 Å². The zero-order chi connectivity index (χ0) is 24.6. The molecule has 0 nitrogen and oxygen atoms in total. The van der Waals surface area contributed by atoms with Gasteiger partial charge >= 0.3 is 0 Å². The van der Waals surface area contributed by atoms with E-state index in [0.717, 1.165) is 0 Å². The molecule has 0 spiro atoms. The van der Waals surface area contributed by atoms with E-state index in [2.05, 4.69) is 62.5 Å². The molecule has 0 atom stereocenters. The van der Waals surface area contributed by atoms with Crippen LogP contribution in [0.25, 0.3) is 0 Å². The molecule has 0 saturated carbocycles. The summed E-state index contributed by atoms with van der Waals surface area (Å²) in [7, 11) is 0. The topological polar surface area (TPSA) is 0 Å². The minimum atomic E-state index is 1.19. The van der Waals surface area contributed by atoms with Crippen molar-refractivity contribution in [2.24, 2.45) is 0 Å². The highest BCUT2D eigenvalue weighted by Crippen LogP contribution is 2.11. The Morgan fingerprint density at radius 3 is 0.706 bits per heavy atom. The Bertz CT molecular complexity index is 420. The van der Waals surface area contributed by atoms with Crippen LogP contribution in [0.1, 0.15) is 168 Å². The third-order valence-corrected chi connectivity index (χ3v) is 6.62. The minimum absolute atomic E-state index is 1.19. The van der Waals surface area contributed by atoms with Gasteiger partial charge < -0.3 is 0 Å². The third kappa shape index (κ3) is 31.0. The molecule has 0 amide bonds. The number of unbranched alkanes of at least 4 members (excludes halogenated alkanes) is 19. The molecule has 0 aliphatic carbocycles. The van der Waals surface area contributed by atoms with Crippen molar-refractivity contribution in [2.75, 3.05) is 0 Å². The van der Waals surface area contributed by atoms with Gasteiger partial charge in [0.15, 0.2) is 0 Å². The zero-order valence-corrected chi connectivity index (χ0v) is 23.6. The summed E-state index contributed by atoms with van der Waals surface area (Å²) in [5.74, 6) is 0. The van der Waals surface area contributed by atoms with Gasteiger partial charge in [-0.2, -0.15) is 0 Å². The van der Waals surface area contributed by atoms with Crippen molar-refractivity contribution < 1.29 is 0 Å². The van der Waals surface area contributed by atoms with Crippen LogP contribution in [0, 0.1) is 0 Å². The molecule has 0 fully saturated rings. The average molecular weight is 471 g/mol. The smallest absolute Gasteiger partial charge is 0.0316 e. The maximum absolute atomic E-state index is 2.40. The quantitative estimate of drug-likeness (QED) is 0.0826. The van der Waals surface area contributed by atoms with Gasteiger partial charge in [0.05, 0.1) is 0 Å². The van der Waals surface area contributed by atoms with Crippen LogP contribution in [0.15, 0.2) is 48.6 Å². The van der Waals surface area contributed by atoms with E-state index in [-0.39, 0.29) is 0 Å². The van der Waals surface area contributed by atoms with Crippen LogP contribution >= 0.6 is 0 Å². The van der Waals surface area contributed by atoms with Crippen LogP contribution in [0.5, 0.6) is 0 Å². The van der Waals surface area contributed by atoms with Gasteiger partial charge in [-0.3, -0.25) is 0 Å². The van der Waals surface area contributed by atoms with Crippen molar-refractivity contribution in [3.8, 4) is 0 Å². The molecule has 0 aliphatic heterocycles. The molecule has 0 heterocycles. The van der Waals surface area contributed by atoms with Crippen molar-refractivity contribution in [1.82, 2.24) is 0 Å². The Morgan fingerprint density at radius 2 is 0.441 bits per heavy atom. The maximum Gasteiger partial charge on any atom is -0.0316 e. The standard InChI is InChI=1S/C34H62/c1-3-5-7-9-11-13-15-17-19-21-23-25-27-29-31-33-34-32-30-28-26-24-22-20-18-16-14-12-10-8-6-4-2/h21-24,29-32H,3-20,25-28,33-34H2,1-2H3/b23-21-,24-22-,31-29-,32-30-. The summed E-state index contributed by atoms with van der Waals surface area (Å²) in [6, 6.07) is 0. The Balaban J connectivity index is 3.28. The molecule has 0 aromatic rings. The Labute approximate surface area is 216 Å². The molecular formula is C34H62. The van der Waals surface area contributed by atoms with Crippen LogP contribution in [0.4, 0.5) is 0 Å². The first-order valence-corrected chi connectivity index (χ1v) is 15.5. The molecule has 0 radical (unpaired) electrons. The lowest BCUT2D eigenvalue weighted by atomic mass is 10.1. The number of hydrogen-bond donors (Lipinski definition) is 0. The Hall–Kier alpha value is -1.04. The average Bonchev–Trinajstić information content (AvgIpc) is 2.85. The molecule has 0 aromatic carbocycles. The third-order valence-electron chi connectivity index (χ3n) is 6.62. The number of hydrogen-bond acceptors (Lipinski definition) is 0. The van der Waals surface area contributed by atoms with Gasteiger partial charge in [0, 0.05) is 0 Å². The monoisotopic (exact) mass is 470 g/mol. The molecule has 0 unspecified atom stereocenters. The first-order chi connectivity index (χ1) is 16.9. The van der Waals surface area contributed by atoms with Gasteiger partial charge in [-0.1, -0.05) is 152 Å². The van der Waals surface area contributed by atoms with E-state index >= 15 is 0 Å². The van der Waals surface area contributed by atoms with Crippen molar-refractivity contribution in [1.29, 1.82) is 0 Å². The summed E-state index contributed by atoms with van der Waals surface area (Å²) in [4.78, 5) is 0. The van der Waals surface area contributed by atoms with E-state index in [0.29, 0.717) is 0 Å². The summed E-state index contributed by atoms with van der Waals surface area (Å²) in [6.45, 7) is 4.58. The van der Waals surface area contributed by atoms with Crippen LogP contribution in [-0.2, 0) is 0 Å². The SMILES string of the molecule is CCCCCCCCCC/C=C\CC/C=C\CC/C=C\CC/C=C\CCCCCCCCCC. The predicted molar refractivity (Wildman–Crippen MR) is 159 cm³/mol. The summed E-state index contributed by atoms with van der Waals surface area (Å²) in [5.41, 5.74) is 0. The number of rotatable bonds is 27. The zero-order valence-electron chi connectivity index (χ0n) is 23.6. The highest BCUT2D eigenvalue weighted by atomic mass is 14.0. The van der Waals surface area contributed by atoms with Gasteiger partial charge in [-0.15, -0.1) is 0 Å².